The van der Waals surface area contributed by atoms with E-state index in [0.29, 0.717) is 0 Å². The molecule has 3 heteroatoms. The molecule has 10 aromatic rings. The van der Waals surface area contributed by atoms with Gasteiger partial charge in [-0.2, -0.15) is 0 Å². The van der Waals surface area contributed by atoms with Crippen molar-refractivity contribution in [3.8, 4) is 61.5 Å². The summed E-state index contributed by atoms with van der Waals surface area (Å²) < 4.78 is 2.37. The van der Waals surface area contributed by atoms with Crippen molar-refractivity contribution in [2.75, 3.05) is 0 Å². The number of rotatable bonds is 6. The van der Waals surface area contributed by atoms with E-state index in [9.17, 15) is 0 Å². The van der Waals surface area contributed by atoms with Crippen molar-refractivity contribution in [1.82, 2.24) is 14.5 Å². The number of hydrogen-bond donors (Lipinski definition) is 0. The van der Waals surface area contributed by atoms with Crippen molar-refractivity contribution in [3.05, 3.63) is 223 Å². The molecule has 1 atom stereocenters. The van der Waals surface area contributed by atoms with Crippen molar-refractivity contribution in [2.24, 2.45) is 0 Å². The summed E-state index contributed by atoms with van der Waals surface area (Å²) >= 11 is 0. The summed E-state index contributed by atoms with van der Waals surface area (Å²) in [6.07, 6.45) is 1.92. The third-order valence-electron chi connectivity index (χ3n) is 11.4. The second kappa shape index (κ2) is 13.2. The smallest absolute Gasteiger partial charge is 0.140 e. The van der Waals surface area contributed by atoms with E-state index in [2.05, 4.69) is 199 Å². The Balaban J connectivity index is 0.975. The first-order valence-electron chi connectivity index (χ1n) is 19.2. The molecular formula is C53H35N3. The van der Waals surface area contributed by atoms with Crippen LogP contribution in [0.1, 0.15) is 22.9 Å². The van der Waals surface area contributed by atoms with Gasteiger partial charge in [-0.3, -0.25) is 0 Å². The van der Waals surface area contributed by atoms with Gasteiger partial charge in [0.15, 0.2) is 0 Å². The van der Waals surface area contributed by atoms with Crippen LogP contribution in [-0.2, 0) is 0 Å². The summed E-state index contributed by atoms with van der Waals surface area (Å²) in [7, 11) is 0. The normalized spacial score (nSPS) is 13.2. The van der Waals surface area contributed by atoms with Crippen LogP contribution < -0.4 is 0 Å². The first-order chi connectivity index (χ1) is 27.8. The van der Waals surface area contributed by atoms with E-state index in [1.165, 1.54) is 71.9 Å². The predicted octanol–water partition coefficient (Wildman–Crippen LogP) is 13.4. The van der Waals surface area contributed by atoms with Crippen LogP contribution in [0.3, 0.4) is 0 Å². The van der Waals surface area contributed by atoms with Crippen molar-refractivity contribution in [1.29, 1.82) is 0 Å². The maximum Gasteiger partial charge on any atom is 0.140 e. The summed E-state index contributed by atoms with van der Waals surface area (Å²) in [5.74, 6) is 0.725. The van der Waals surface area contributed by atoms with Gasteiger partial charge in [-0.05, 0) is 104 Å². The van der Waals surface area contributed by atoms with Gasteiger partial charge in [-0.1, -0.05) is 152 Å². The fraction of sp³-hybridized carbons (Fsp3) is 0.0189. The highest BCUT2D eigenvalue weighted by atomic mass is 15.0. The Morgan fingerprint density at radius 1 is 0.375 bits per heavy atom. The molecule has 2 heterocycles. The molecule has 0 aliphatic heterocycles. The summed E-state index contributed by atoms with van der Waals surface area (Å²) in [5, 5.41) is 2.49. The predicted molar refractivity (Wildman–Crippen MR) is 231 cm³/mol. The van der Waals surface area contributed by atoms with E-state index in [1.807, 2.05) is 12.3 Å². The molecule has 0 amide bonds. The van der Waals surface area contributed by atoms with Gasteiger partial charge in [0, 0.05) is 28.2 Å². The minimum atomic E-state index is -0.0847. The zero-order valence-corrected chi connectivity index (χ0v) is 30.5. The van der Waals surface area contributed by atoms with Gasteiger partial charge in [-0.25, -0.2) is 9.97 Å². The van der Waals surface area contributed by atoms with Gasteiger partial charge >= 0.3 is 0 Å². The number of para-hydroxylation sites is 2. The van der Waals surface area contributed by atoms with E-state index in [1.54, 1.807) is 0 Å². The van der Waals surface area contributed by atoms with Gasteiger partial charge in [-0.15, -0.1) is 0 Å². The average Bonchev–Trinajstić information content (AvgIpc) is 3.79. The number of nitrogens with zero attached hydrogens (tertiary/aromatic N) is 3. The quantitative estimate of drug-likeness (QED) is 0.172. The second-order valence-corrected chi connectivity index (χ2v) is 14.6. The monoisotopic (exact) mass is 713 g/mol. The lowest BCUT2D eigenvalue weighted by Gasteiger charge is -2.15. The summed E-state index contributed by atoms with van der Waals surface area (Å²) in [4.78, 5) is 10.3. The molecule has 1 unspecified atom stereocenters. The molecule has 0 fully saturated rings. The molecule has 1 aliphatic carbocycles. The average molecular weight is 714 g/mol. The zero-order valence-electron chi connectivity index (χ0n) is 30.5. The third-order valence-corrected chi connectivity index (χ3v) is 11.4. The Morgan fingerprint density at radius 2 is 0.964 bits per heavy atom. The van der Waals surface area contributed by atoms with Crippen LogP contribution in [0.5, 0.6) is 0 Å². The number of benzene rings is 8. The first-order valence-corrected chi connectivity index (χ1v) is 19.2. The SMILES string of the molecule is c1ccc(-c2ccc(-c3cccc(-c4ccnc(C5c6ccccc6-c6ccc(-c7ccc8c(c7)c7ccccc7n8-c7ccccc7)cc65)n4)c3)cc2)cc1. The highest BCUT2D eigenvalue weighted by molar-refractivity contribution is 6.10. The summed E-state index contributed by atoms with van der Waals surface area (Å²) in [6.45, 7) is 0. The van der Waals surface area contributed by atoms with E-state index in [4.69, 9.17) is 9.97 Å². The maximum absolute atomic E-state index is 5.31. The zero-order chi connectivity index (χ0) is 37.0. The fourth-order valence-electron chi connectivity index (χ4n) is 8.69. The molecule has 2 aromatic heterocycles. The topological polar surface area (TPSA) is 30.7 Å². The minimum Gasteiger partial charge on any atom is -0.309 e. The molecule has 0 radical (unpaired) electrons. The Morgan fingerprint density at radius 3 is 1.82 bits per heavy atom. The van der Waals surface area contributed by atoms with Crippen LogP contribution in [0.4, 0.5) is 0 Å². The lowest BCUT2D eigenvalue weighted by molar-refractivity contribution is 0.876. The van der Waals surface area contributed by atoms with Crippen LogP contribution in [0, 0.1) is 0 Å². The molecule has 0 bridgehead atoms. The summed E-state index contributed by atoms with van der Waals surface area (Å²) in [5.41, 5.74) is 17.7. The molecule has 11 rings (SSSR count). The van der Waals surface area contributed by atoms with Crippen molar-refractivity contribution in [3.63, 3.8) is 0 Å². The lowest BCUT2D eigenvalue weighted by Crippen LogP contribution is -2.06. The van der Waals surface area contributed by atoms with Crippen LogP contribution >= 0.6 is 0 Å². The number of hydrogen-bond acceptors (Lipinski definition) is 2. The molecule has 0 saturated carbocycles. The van der Waals surface area contributed by atoms with Gasteiger partial charge in [0.25, 0.3) is 0 Å². The van der Waals surface area contributed by atoms with E-state index in [0.717, 1.165) is 28.3 Å². The Kier molecular flexibility index (Phi) is 7.56. The van der Waals surface area contributed by atoms with Gasteiger partial charge in [0.1, 0.15) is 5.82 Å². The van der Waals surface area contributed by atoms with E-state index >= 15 is 0 Å². The van der Waals surface area contributed by atoms with Gasteiger partial charge in [0.2, 0.25) is 0 Å². The Labute approximate surface area is 325 Å². The molecule has 8 aromatic carbocycles. The first kappa shape index (κ1) is 32.1. The van der Waals surface area contributed by atoms with Crippen molar-refractivity contribution >= 4 is 21.8 Å². The van der Waals surface area contributed by atoms with Crippen molar-refractivity contribution in [2.45, 2.75) is 5.92 Å². The van der Waals surface area contributed by atoms with Gasteiger partial charge < -0.3 is 4.57 Å². The van der Waals surface area contributed by atoms with E-state index in [-0.39, 0.29) is 5.92 Å². The third kappa shape index (κ3) is 5.36. The largest absolute Gasteiger partial charge is 0.309 e. The van der Waals surface area contributed by atoms with E-state index < -0.39 is 0 Å². The minimum absolute atomic E-state index is 0.0847. The molecule has 0 N–H and O–H groups in total. The highest BCUT2D eigenvalue weighted by Gasteiger charge is 2.32. The van der Waals surface area contributed by atoms with Gasteiger partial charge in [0.05, 0.1) is 22.6 Å². The maximum atomic E-state index is 5.31. The van der Waals surface area contributed by atoms with Crippen molar-refractivity contribution < 1.29 is 0 Å². The molecule has 1 aliphatic rings. The summed E-state index contributed by atoms with van der Waals surface area (Å²) in [6, 6.07) is 71.9. The molecule has 3 nitrogen and oxygen atoms in total. The van der Waals surface area contributed by atoms with Crippen LogP contribution in [0.25, 0.3) is 83.3 Å². The standard InChI is InChI=1S/C53H35N3/c1-3-12-35(13-4-1)36-22-24-37(25-23-36)38-14-11-15-41(32-38)49-30-31-54-53(55-49)52-46-20-8-7-18-43(46)44-28-26-39(34-48(44)52)40-27-29-51-47(33-40)45-19-9-10-21-50(45)56(51)42-16-5-2-6-17-42/h1-34,52H. The number of fused-ring (bicyclic) bond motifs is 6. The highest BCUT2D eigenvalue weighted by Crippen LogP contribution is 2.48. The number of aromatic nitrogens is 3. The Hall–Kier alpha value is -7.36. The molecule has 0 saturated heterocycles. The Bertz CT molecular complexity index is 3070. The second-order valence-electron chi connectivity index (χ2n) is 14.6. The van der Waals surface area contributed by atoms with Crippen LogP contribution in [0.2, 0.25) is 0 Å². The fourth-order valence-corrected chi connectivity index (χ4v) is 8.69. The molecule has 262 valence electrons. The lowest BCUT2D eigenvalue weighted by atomic mass is 9.92. The molecular weight excluding hydrogens is 679 g/mol. The molecule has 0 spiro atoms. The van der Waals surface area contributed by atoms with Crippen LogP contribution in [0.15, 0.2) is 206 Å². The molecule has 56 heavy (non-hydrogen) atoms. The van der Waals surface area contributed by atoms with Crippen LogP contribution in [-0.4, -0.2) is 14.5 Å².